The third-order valence-electron chi connectivity index (χ3n) is 4.49. The Morgan fingerprint density at radius 3 is 2.23 bits per heavy atom. The Kier molecular flexibility index (Phi) is 8.49. The van der Waals surface area contributed by atoms with Gasteiger partial charge in [-0.15, -0.1) is 0 Å². The molecule has 30 heavy (non-hydrogen) atoms. The lowest BCUT2D eigenvalue weighted by molar-refractivity contribution is -0.133. The molecule has 0 aliphatic rings. The number of aliphatic hydroxyl groups is 1. The number of carbonyl (C=O) groups is 2. The largest absolute Gasteiger partial charge is 0.386 e. The Hall–Kier alpha value is -2.78. The topological polar surface area (TPSA) is 82.5 Å². The molecule has 0 spiro atoms. The summed E-state index contributed by atoms with van der Waals surface area (Å²) in [5.74, 6) is -1.70. The van der Waals surface area contributed by atoms with E-state index in [2.05, 4.69) is 4.98 Å². The number of aromatic nitrogens is 1. The number of benzene rings is 1. The molecular formula is C21H24F3N3O3. The van der Waals surface area contributed by atoms with E-state index in [1.165, 1.54) is 12.1 Å². The van der Waals surface area contributed by atoms with Crippen LogP contribution in [0.25, 0.3) is 11.1 Å². The zero-order valence-corrected chi connectivity index (χ0v) is 16.7. The molecule has 0 aliphatic heterocycles. The maximum absolute atomic E-state index is 13.1. The van der Waals surface area contributed by atoms with Crippen molar-refractivity contribution in [3.63, 3.8) is 0 Å². The molecule has 0 saturated heterocycles. The van der Waals surface area contributed by atoms with E-state index < -0.39 is 31.2 Å². The summed E-state index contributed by atoms with van der Waals surface area (Å²) in [5, 5.41) is 12.0. The first-order valence-corrected chi connectivity index (χ1v) is 9.29. The van der Waals surface area contributed by atoms with E-state index in [1.807, 2.05) is 19.0 Å². The van der Waals surface area contributed by atoms with Crippen LogP contribution in [-0.4, -0.2) is 66.5 Å². The molecule has 1 aromatic carbocycles. The number of ketones is 1. The Labute approximate surface area is 172 Å². The number of alkyl halides is 3. The number of hydrogen-bond acceptors (Lipinski definition) is 5. The lowest BCUT2D eigenvalue weighted by Crippen LogP contribution is -2.43. The van der Waals surface area contributed by atoms with Gasteiger partial charge in [-0.25, -0.2) is 4.39 Å². The number of rotatable bonds is 10. The maximum atomic E-state index is 13.1. The molecule has 1 aromatic heterocycles. The van der Waals surface area contributed by atoms with Crippen molar-refractivity contribution in [2.75, 3.05) is 27.3 Å². The van der Waals surface area contributed by atoms with Crippen molar-refractivity contribution in [1.82, 2.24) is 15.2 Å². The van der Waals surface area contributed by atoms with Gasteiger partial charge in [0, 0.05) is 24.7 Å². The van der Waals surface area contributed by atoms with Crippen LogP contribution in [0.4, 0.5) is 13.2 Å². The van der Waals surface area contributed by atoms with E-state index in [0.717, 1.165) is 11.1 Å². The second kappa shape index (κ2) is 10.8. The van der Waals surface area contributed by atoms with E-state index in [1.54, 1.807) is 35.8 Å². The van der Waals surface area contributed by atoms with E-state index in [-0.39, 0.29) is 11.3 Å². The fourth-order valence-electron chi connectivity index (χ4n) is 2.74. The monoisotopic (exact) mass is 423 g/mol. The number of hydrogen-bond donors (Lipinski definition) is 2. The van der Waals surface area contributed by atoms with Gasteiger partial charge in [0.1, 0.15) is 18.5 Å². The smallest absolute Gasteiger partial charge is 0.315 e. The first kappa shape index (κ1) is 23.5. The summed E-state index contributed by atoms with van der Waals surface area (Å²) in [5.41, 5.74) is 2.10. The highest BCUT2D eigenvalue weighted by molar-refractivity contribution is 5.94. The van der Waals surface area contributed by atoms with Gasteiger partial charge < -0.3 is 15.3 Å². The van der Waals surface area contributed by atoms with Gasteiger partial charge in [-0.1, -0.05) is 30.3 Å². The fourth-order valence-corrected chi connectivity index (χ4v) is 2.74. The average Bonchev–Trinajstić information content (AvgIpc) is 2.75. The van der Waals surface area contributed by atoms with E-state index in [4.69, 9.17) is 0 Å². The highest BCUT2D eigenvalue weighted by atomic mass is 19.3. The summed E-state index contributed by atoms with van der Waals surface area (Å²) in [6.45, 7) is -0.571. The Bertz CT molecular complexity index is 843. The SMILES string of the molecule is CN(C)CCC(=O)c1ccc(-c2ccc([C@H](O)[C@@H](CF)NC(=O)C(F)F)cc2)cn1. The molecule has 2 N–H and O–H groups in total. The minimum atomic E-state index is -3.29. The van der Waals surface area contributed by atoms with Crippen LogP contribution in [0, 0.1) is 0 Å². The van der Waals surface area contributed by atoms with Crippen molar-refractivity contribution in [2.45, 2.75) is 25.0 Å². The minimum absolute atomic E-state index is 0.0585. The molecule has 2 atom stereocenters. The highest BCUT2D eigenvalue weighted by Gasteiger charge is 2.26. The van der Waals surface area contributed by atoms with Gasteiger partial charge in [-0.2, -0.15) is 8.78 Å². The van der Waals surface area contributed by atoms with Crippen molar-refractivity contribution in [2.24, 2.45) is 0 Å². The number of pyridine rings is 1. The molecular weight excluding hydrogens is 399 g/mol. The van der Waals surface area contributed by atoms with Crippen LogP contribution in [0.1, 0.15) is 28.6 Å². The standard InChI is InChI=1S/C21H24F3N3O3/c1-27(2)10-9-18(28)16-8-7-15(12-25-16)13-3-5-14(6-4-13)19(29)17(11-22)26-21(30)20(23)24/h3-8,12,17,19-20,29H,9-11H2,1-2H3,(H,26,30)/t17-,19+/m1/s1. The second-order valence-electron chi connectivity index (χ2n) is 7.05. The molecule has 162 valence electrons. The number of carbonyl (C=O) groups excluding carboxylic acids is 2. The third-order valence-corrected chi connectivity index (χ3v) is 4.49. The summed E-state index contributed by atoms with van der Waals surface area (Å²) in [4.78, 5) is 29.3. The van der Waals surface area contributed by atoms with Gasteiger partial charge in [0.2, 0.25) is 0 Å². The van der Waals surface area contributed by atoms with Crippen molar-refractivity contribution in [1.29, 1.82) is 0 Å². The summed E-state index contributed by atoms with van der Waals surface area (Å²) in [6, 6.07) is 8.21. The predicted octanol–water partition coefficient (Wildman–Crippen LogP) is 2.64. The summed E-state index contributed by atoms with van der Waals surface area (Å²) in [6.07, 6.45) is -2.86. The molecule has 0 aliphatic carbocycles. The Balaban J connectivity index is 2.07. The molecule has 0 saturated carbocycles. The van der Waals surface area contributed by atoms with Crippen LogP contribution < -0.4 is 5.32 Å². The fraction of sp³-hybridized carbons (Fsp3) is 0.381. The van der Waals surface area contributed by atoms with Gasteiger partial charge in [0.05, 0.1) is 6.04 Å². The zero-order valence-electron chi connectivity index (χ0n) is 16.7. The van der Waals surface area contributed by atoms with Crippen molar-refractivity contribution in [3.8, 4) is 11.1 Å². The van der Waals surface area contributed by atoms with Crippen LogP contribution in [-0.2, 0) is 4.79 Å². The van der Waals surface area contributed by atoms with Crippen LogP contribution in [0.3, 0.4) is 0 Å². The molecule has 2 rings (SSSR count). The van der Waals surface area contributed by atoms with E-state index in [0.29, 0.717) is 18.7 Å². The van der Waals surface area contributed by atoms with Gasteiger partial charge in [0.25, 0.3) is 5.91 Å². The highest BCUT2D eigenvalue weighted by Crippen LogP contribution is 2.24. The molecule has 2 aromatic rings. The van der Waals surface area contributed by atoms with Gasteiger partial charge in [-0.3, -0.25) is 14.6 Å². The number of amides is 1. The average molecular weight is 423 g/mol. The summed E-state index contributed by atoms with van der Waals surface area (Å²) in [7, 11) is 3.76. The maximum Gasteiger partial charge on any atom is 0.315 e. The van der Waals surface area contributed by atoms with Crippen molar-refractivity contribution in [3.05, 3.63) is 53.9 Å². The molecule has 0 bridgehead atoms. The number of nitrogens with one attached hydrogen (secondary N) is 1. The number of halogens is 3. The van der Waals surface area contributed by atoms with E-state index in [9.17, 15) is 27.9 Å². The molecule has 0 fully saturated rings. The lowest BCUT2D eigenvalue weighted by Gasteiger charge is -2.22. The van der Waals surface area contributed by atoms with Gasteiger partial charge >= 0.3 is 6.43 Å². The molecule has 1 amide bonds. The Morgan fingerprint density at radius 1 is 1.10 bits per heavy atom. The first-order valence-electron chi connectivity index (χ1n) is 9.29. The minimum Gasteiger partial charge on any atom is -0.386 e. The molecule has 9 heteroatoms. The van der Waals surface area contributed by atoms with Crippen molar-refractivity contribution < 1.29 is 27.9 Å². The van der Waals surface area contributed by atoms with Crippen LogP contribution >= 0.6 is 0 Å². The van der Waals surface area contributed by atoms with Crippen LogP contribution in [0.15, 0.2) is 42.6 Å². The van der Waals surface area contributed by atoms with Crippen LogP contribution in [0.5, 0.6) is 0 Å². The number of Topliss-reactive ketones (excluding diaryl/α,β-unsaturated/α-hetero) is 1. The van der Waals surface area contributed by atoms with Gasteiger partial charge in [-0.05, 0) is 31.3 Å². The first-order chi connectivity index (χ1) is 14.2. The van der Waals surface area contributed by atoms with Gasteiger partial charge in [0.15, 0.2) is 5.78 Å². The summed E-state index contributed by atoms with van der Waals surface area (Å²) < 4.78 is 37.8. The lowest BCUT2D eigenvalue weighted by atomic mass is 9.99. The van der Waals surface area contributed by atoms with E-state index >= 15 is 0 Å². The quantitative estimate of drug-likeness (QED) is 0.574. The van der Waals surface area contributed by atoms with Crippen LogP contribution in [0.2, 0.25) is 0 Å². The Morgan fingerprint density at radius 2 is 1.73 bits per heavy atom. The zero-order chi connectivity index (χ0) is 22.3. The third kappa shape index (κ3) is 6.36. The second-order valence-corrected chi connectivity index (χ2v) is 7.05. The molecule has 0 radical (unpaired) electrons. The predicted molar refractivity (Wildman–Crippen MR) is 106 cm³/mol. The normalized spacial score (nSPS) is 13.3. The number of aliphatic hydroxyl groups excluding tert-OH is 1. The number of nitrogens with zero attached hydrogens (tertiary/aromatic N) is 2. The summed E-state index contributed by atoms with van der Waals surface area (Å²) >= 11 is 0. The molecule has 6 nitrogen and oxygen atoms in total. The van der Waals surface area contributed by atoms with Crippen molar-refractivity contribution >= 4 is 11.7 Å². The molecule has 1 heterocycles. The molecule has 0 unspecified atom stereocenters.